The van der Waals surface area contributed by atoms with Crippen LogP contribution < -0.4 is 4.74 Å². The molecule has 0 unspecified atom stereocenters. The molecule has 2 nitrogen and oxygen atoms in total. The number of benzene rings is 2. The molecule has 0 N–H and O–H groups in total. The van der Waals surface area contributed by atoms with Crippen LogP contribution in [-0.2, 0) is 4.79 Å². The quantitative estimate of drug-likeness (QED) is 0.446. The third-order valence-electron chi connectivity index (χ3n) is 2.18. The van der Waals surface area contributed by atoms with Crippen LogP contribution >= 0.6 is 0 Å². The van der Waals surface area contributed by atoms with Crippen LogP contribution in [0.3, 0.4) is 0 Å². The van der Waals surface area contributed by atoms with E-state index in [9.17, 15) is 13.6 Å². The second-order valence-corrected chi connectivity index (χ2v) is 3.60. The van der Waals surface area contributed by atoms with Gasteiger partial charge in [0.25, 0.3) is 0 Å². The van der Waals surface area contributed by atoms with Crippen molar-refractivity contribution < 1.29 is 18.3 Å². The van der Waals surface area contributed by atoms with E-state index in [0.717, 1.165) is 0 Å². The molecule has 0 heterocycles. The summed E-state index contributed by atoms with van der Waals surface area (Å²) in [4.78, 5) is 11.4. The number of carbonyl (C=O) groups excluding carboxylic acids is 1. The summed E-state index contributed by atoms with van der Waals surface area (Å²) in [5, 5.41) is 0. The van der Waals surface area contributed by atoms with E-state index in [1.807, 2.05) is 0 Å². The summed E-state index contributed by atoms with van der Waals surface area (Å²) in [6, 6.07) is 10.4. The van der Waals surface area contributed by atoms with Gasteiger partial charge in [-0.3, -0.25) is 0 Å². The lowest BCUT2D eigenvalue weighted by Gasteiger charge is -1.98. The lowest BCUT2D eigenvalue weighted by Crippen LogP contribution is -2.04. The third kappa shape index (κ3) is 3.93. The van der Waals surface area contributed by atoms with Gasteiger partial charge in [0, 0.05) is 11.5 Å². The highest BCUT2D eigenvalue weighted by molar-refractivity contribution is 5.90. The van der Waals surface area contributed by atoms with Crippen molar-refractivity contribution >= 4 is 5.97 Å². The van der Waals surface area contributed by atoms with Gasteiger partial charge in [0.2, 0.25) is 0 Å². The molecule has 0 saturated heterocycles. The summed E-state index contributed by atoms with van der Waals surface area (Å²) in [5.41, 5.74) is 0.498. The Morgan fingerprint density at radius 3 is 2.00 bits per heavy atom. The van der Waals surface area contributed by atoms with Crippen LogP contribution in [0.4, 0.5) is 8.78 Å². The SMILES string of the molecule is O=C(C#Cc1ccc(F)cc1)Oc1ccc(F)cc1. The molecule has 94 valence electrons. The highest BCUT2D eigenvalue weighted by Crippen LogP contribution is 2.10. The van der Waals surface area contributed by atoms with E-state index in [1.165, 1.54) is 48.5 Å². The van der Waals surface area contributed by atoms with Gasteiger partial charge in [-0.15, -0.1) is 0 Å². The molecule has 4 heteroatoms. The van der Waals surface area contributed by atoms with Crippen LogP contribution in [0.1, 0.15) is 5.56 Å². The van der Waals surface area contributed by atoms with Gasteiger partial charge in [0.1, 0.15) is 17.4 Å². The smallest absolute Gasteiger partial charge is 0.390 e. The van der Waals surface area contributed by atoms with Crippen LogP contribution in [0.25, 0.3) is 0 Å². The van der Waals surface area contributed by atoms with E-state index in [0.29, 0.717) is 5.56 Å². The first-order valence-electron chi connectivity index (χ1n) is 5.38. The first-order valence-corrected chi connectivity index (χ1v) is 5.38. The van der Waals surface area contributed by atoms with Gasteiger partial charge in [0.15, 0.2) is 0 Å². The second-order valence-electron chi connectivity index (χ2n) is 3.60. The molecule has 0 aliphatic heterocycles. The average molecular weight is 258 g/mol. The molecule has 0 amide bonds. The molecule has 0 atom stereocenters. The molecule has 0 saturated carbocycles. The molecule has 0 aliphatic rings. The Balaban J connectivity index is 2.02. The molecule has 2 aromatic rings. The van der Waals surface area contributed by atoms with Crippen LogP contribution in [0, 0.1) is 23.5 Å². The molecule has 0 radical (unpaired) electrons. The lowest BCUT2D eigenvalue weighted by molar-refractivity contribution is -0.128. The van der Waals surface area contributed by atoms with Gasteiger partial charge in [-0.2, -0.15) is 0 Å². The Hall–Kier alpha value is -2.67. The Morgan fingerprint density at radius 2 is 1.42 bits per heavy atom. The molecule has 19 heavy (non-hydrogen) atoms. The fourth-order valence-electron chi connectivity index (χ4n) is 1.29. The first-order chi connectivity index (χ1) is 9.13. The number of rotatable bonds is 1. The highest BCUT2D eigenvalue weighted by Gasteiger charge is 2.00. The van der Waals surface area contributed by atoms with Crippen molar-refractivity contribution in [3.63, 3.8) is 0 Å². The predicted molar refractivity (Wildman–Crippen MR) is 65.3 cm³/mol. The number of carbonyl (C=O) groups is 1. The summed E-state index contributed by atoms with van der Waals surface area (Å²) < 4.78 is 30.1. The highest BCUT2D eigenvalue weighted by atomic mass is 19.1. The normalized spacial score (nSPS) is 9.37. The van der Waals surface area contributed by atoms with E-state index in [4.69, 9.17) is 4.74 Å². The predicted octanol–water partition coefficient (Wildman–Crippen LogP) is 2.92. The third-order valence-corrected chi connectivity index (χ3v) is 2.18. The Kier molecular flexibility index (Phi) is 3.89. The van der Waals surface area contributed by atoms with Gasteiger partial charge in [-0.05, 0) is 48.5 Å². The van der Waals surface area contributed by atoms with Gasteiger partial charge in [0.05, 0.1) is 0 Å². The standard InChI is InChI=1S/C15H8F2O2/c16-12-4-1-11(2-5-12)3-10-15(18)19-14-8-6-13(17)7-9-14/h1-2,4-9H. The van der Waals surface area contributed by atoms with Gasteiger partial charge in [-0.25, -0.2) is 13.6 Å². The topological polar surface area (TPSA) is 26.3 Å². The summed E-state index contributed by atoms with van der Waals surface area (Å²) in [6.45, 7) is 0. The van der Waals surface area contributed by atoms with Crippen molar-refractivity contribution in [2.45, 2.75) is 0 Å². The van der Waals surface area contributed by atoms with Crippen molar-refractivity contribution in [3.05, 3.63) is 65.7 Å². The van der Waals surface area contributed by atoms with Crippen molar-refractivity contribution in [2.75, 3.05) is 0 Å². The van der Waals surface area contributed by atoms with Crippen LogP contribution in [0.2, 0.25) is 0 Å². The fourth-order valence-corrected chi connectivity index (χ4v) is 1.29. The van der Waals surface area contributed by atoms with E-state index >= 15 is 0 Å². The number of ether oxygens (including phenoxy) is 1. The van der Waals surface area contributed by atoms with Crippen molar-refractivity contribution in [3.8, 4) is 17.6 Å². The van der Waals surface area contributed by atoms with Gasteiger partial charge < -0.3 is 4.74 Å². The summed E-state index contributed by atoms with van der Waals surface area (Å²) in [5.74, 6) is 3.44. The molecule has 0 fully saturated rings. The van der Waals surface area contributed by atoms with Crippen LogP contribution in [-0.4, -0.2) is 5.97 Å². The Morgan fingerprint density at radius 1 is 0.895 bits per heavy atom. The second kappa shape index (κ2) is 5.78. The number of hydrogen-bond donors (Lipinski definition) is 0. The van der Waals surface area contributed by atoms with Crippen LogP contribution in [0.5, 0.6) is 5.75 Å². The van der Waals surface area contributed by atoms with E-state index in [1.54, 1.807) is 0 Å². The molecule has 0 aliphatic carbocycles. The Labute approximate surface area is 108 Å². The molecule has 2 aromatic carbocycles. The molecule has 0 aromatic heterocycles. The fraction of sp³-hybridized carbons (Fsp3) is 0. The van der Waals surface area contributed by atoms with E-state index in [2.05, 4.69) is 11.8 Å². The van der Waals surface area contributed by atoms with Gasteiger partial charge >= 0.3 is 5.97 Å². The summed E-state index contributed by atoms with van der Waals surface area (Å²) in [7, 11) is 0. The summed E-state index contributed by atoms with van der Waals surface area (Å²) in [6.07, 6.45) is 0. The zero-order valence-corrected chi connectivity index (χ0v) is 9.69. The van der Waals surface area contributed by atoms with E-state index in [-0.39, 0.29) is 11.6 Å². The average Bonchev–Trinajstić information content (AvgIpc) is 2.41. The minimum atomic E-state index is -0.768. The maximum absolute atomic E-state index is 12.6. The first kappa shape index (κ1) is 12.8. The minimum absolute atomic E-state index is 0.208. The zero-order valence-electron chi connectivity index (χ0n) is 9.69. The van der Waals surface area contributed by atoms with Crippen molar-refractivity contribution in [1.29, 1.82) is 0 Å². The Bertz CT molecular complexity index is 635. The molecule has 0 bridgehead atoms. The van der Waals surface area contributed by atoms with Crippen LogP contribution in [0.15, 0.2) is 48.5 Å². The molecular weight excluding hydrogens is 250 g/mol. The number of esters is 1. The molecular formula is C15H8F2O2. The number of halogens is 2. The van der Waals surface area contributed by atoms with Crippen molar-refractivity contribution in [1.82, 2.24) is 0 Å². The maximum Gasteiger partial charge on any atom is 0.390 e. The lowest BCUT2D eigenvalue weighted by atomic mass is 10.2. The largest absolute Gasteiger partial charge is 0.417 e. The summed E-state index contributed by atoms with van der Waals surface area (Å²) >= 11 is 0. The van der Waals surface area contributed by atoms with Gasteiger partial charge in [-0.1, -0.05) is 5.92 Å². The minimum Gasteiger partial charge on any atom is -0.417 e. The zero-order chi connectivity index (χ0) is 13.7. The number of hydrogen-bond acceptors (Lipinski definition) is 2. The molecule has 0 spiro atoms. The maximum atomic E-state index is 12.6. The molecule has 2 rings (SSSR count). The van der Waals surface area contributed by atoms with E-state index < -0.39 is 11.8 Å². The monoisotopic (exact) mass is 258 g/mol. The van der Waals surface area contributed by atoms with Crippen molar-refractivity contribution in [2.24, 2.45) is 0 Å².